The lowest BCUT2D eigenvalue weighted by atomic mass is 9.81. The first kappa shape index (κ1) is 15.7. The van der Waals surface area contributed by atoms with E-state index in [1.54, 1.807) is 0 Å². The van der Waals surface area contributed by atoms with Crippen molar-refractivity contribution in [3.8, 4) is 0 Å². The maximum Gasteiger partial charge on any atom is 0.0362 e. The Bertz CT molecular complexity index is 335. The van der Waals surface area contributed by atoms with E-state index >= 15 is 0 Å². The molecular weight excluding hydrogens is 260 g/mol. The van der Waals surface area contributed by atoms with Gasteiger partial charge in [-0.3, -0.25) is 4.90 Å². The standard InChI is InChI=1S/C17H34N4/c1-14(2)12-20-6-8-21(9-7-20)17(13-18)10-15-4-5-16(11-17)19(15)3/h14-16H,4-13,18H2,1-3H3. The van der Waals surface area contributed by atoms with Crippen molar-refractivity contribution in [1.82, 2.24) is 14.7 Å². The van der Waals surface area contributed by atoms with Crippen LogP contribution in [0.3, 0.4) is 0 Å². The lowest BCUT2D eigenvalue weighted by molar-refractivity contribution is -0.0258. The minimum absolute atomic E-state index is 0.294. The fraction of sp³-hybridized carbons (Fsp3) is 1.00. The van der Waals surface area contributed by atoms with Crippen molar-refractivity contribution in [3.63, 3.8) is 0 Å². The molecule has 2 unspecified atom stereocenters. The molecule has 2 N–H and O–H groups in total. The quantitative estimate of drug-likeness (QED) is 0.845. The topological polar surface area (TPSA) is 35.7 Å². The highest BCUT2D eigenvalue weighted by atomic mass is 15.3. The van der Waals surface area contributed by atoms with Gasteiger partial charge in [-0.1, -0.05) is 13.8 Å². The molecule has 3 aliphatic heterocycles. The highest BCUT2D eigenvalue weighted by molar-refractivity contribution is 5.07. The summed E-state index contributed by atoms with van der Waals surface area (Å²) in [5, 5.41) is 0. The zero-order valence-electron chi connectivity index (χ0n) is 14.2. The zero-order valence-corrected chi connectivity index (χ0v) is 14.2. The van der Waals surface area contributed by atoms with Crippen LogP contribution in [0, 0.1) is 5.92 Å². The van der Waals surface area contributed by atoms with Crippen LogP contribution in [-0.4, -0.2) is 78.6 Å². The Labute approximate surface area is 130 Å². The molecular formula is C17H34N4. The first-order chi connectivity index (χ1) is 10.0. The summed E-state index contributed by atoms with van der Waals surface area (Å²) in [6, 6.07) is 1.56. The summed E-state index contributed by atoms with van der Waals surface area (Å²) in [5.41, 5.74) is 6.60. The minimum Gasteiger partial charge on any atom is -0.329 e. The number of hydrogen-bond donors (Lipinski definition) is 1. The summed E-state index contributed by atoms with van der Waals surface area (Å²) in [6.07, 6.45) is 5.35. The first-order valence-electron chi connectivity index (χ1n) is 8.93. The molecule has 3 heterocycles. The lowest BCUT2D eigenvalue weighted by Gasteiger charge is -2.53. The number of piperazine rings is 1. The summed E-state index contributed by atoms with van der Waals surface area (Å²) in [7, 11) is 2.32. The maximum atomic E-state index is 6.31. The summed E-state index contributed by atoms with van der Waals surface area (Å²) >= 11 is 0. The number of nitrogens with two attached hydrogens (primary N) is 1. The molecule has 3 aliphatic rings. The van der Waals surface area contributed by atoms with Gasteiger partial charge in [0.25, 0.3) is 0 Å². The van der Waals surface area contributed by atoms with Crippen molar-refractivity contribution >= 4 is 0 Å². The molecule has 4 heteroatoms. The Balaban J connectivity index is 1.63. The van der Waals surface area contributed by atoms with Crippen LogP contribution in [-0.2, 0) is 0 Å². The van der Waals surface area contributed by atoms with E-state index in [9.17, 15) is 0 Å². The lowest BCUT2D eigenvalue weighted by Crippen LogP contribution is -2.65. The maximum absolute atomic E-state index is 6.31. The minimum atomic E-state index is 0.294. The molecule has 3 rings (SSSR count). The second kappa shape index (κ2) is 6.15. The van der Waals surface area contributed by atoms with Crippen LogP contribution in [0.15, 0.2) is 0 Å². The Morgan fingerprint density at radius 1 is 1.05 bits per heavy atom. The van der Waals surface area contributed by atoms with Gasteiger partial charge in [-0.15, -0.1) is 0 Å². The fourth-order valence-electron chi connectivity index (χ4n) is 5.02. The number of fused-ring (bicyclic) bond motifs is 2. The van der Waals surface area contributed by atoms with Crippen molar-refractivity contribution in [1.29, 1.82) is 0 Å². The van der Waals surface area contributed by atoms with Crippen LogP contribution >= 0.6 is 0 Å². The zero-order chi connectivity index (χ0) is 15.0. The van der Waals surface area contributed by atoms with Crippen LogP contribution in [0.1, 0.15) is 39.5 Å². The Hall–Kier alpha value is -0.160. The van der Waals surface area contributed by atoms with Gasteiger partial charge in [0.05, 0.1) is 0 Å². The van der Waals surface area contributed by atoms with Gasteiger partial charge in [-0.05, 0) is 38.6 Å². The van der Waals surface area contributed by atoms with Crippen LogP contribution in [0.2, 0.25) is 0 Å². The van der Waals surface area contributed by atoms with Gasteiger partial charge in [-0.25, -0.2) is 0 Å². The van der Waals surface area contributed by atoms with E-state index in [1.807, 2.05) is 0 Å². The molecule has 0 aromatic carbocycles. The summed E-state index contributed by atoms with van der Waals surface area (Å²) in [6.45, 7) is 11.6. The molecule has 0 spiro atoms. The van der Waals surface area contributed by atoms with E-state index < -0.39 is 0 Å². The van der Waals surface area contributed by atoms with E-state index in [1.165, 1.54) is 58.4 Å². The summed E-state index contributed by atoms with van der Waals surface area (Å²) < 4.78 is 0. The van der Waals surface area contributed by atoms with Crippen LogP contribution in [0.25, 0.3) is 0 Å². The SMILES string of the molecule is CC(C)CN1CCN(C2(CN)CC3CCC(C2)N3C)CC1. The Morgan fingerprint density at radius 3 is 2.10 bits per heavy atom. The van der Waals surface area contributed by atoms with Crippen molar-refractivity contribution in [3.05, 3.63) is 0 Å². The van der Waals surface area contributed by atoms with Gasteiger partial charge >= 0.3 is 0 Å². The second-order valence-corrected chi connectivity index (χ2v) is 8.07. The molecule has 2 bridgehead atoms. The molecule has 3 fully saturated rings. The molecule has 0 saturated carbocycles. The van der Waals surface area contributed by atoms with E-state index in [-0.39, 0.29) is 0 Å². The average molecular weight is 294 g/mol. The van der Waals surface area contributed by atoms with Crippen LogP contribution in [0.5, 0.6) is 0 Å². The first-order valence-corrected chi connectivity index (χ1v) is 8.93. The van der Waals surface area contributed by atoms with Gasteiger partial charge in [0, 0.05) is 56.9 Å². The van der Waals surface area contributed by atoms with Crippen molar-refractivity contribution < 1.29 is 0 Å². The van der Waals surface area contributed by atoms with Gasteiger partial charge in [0.1, 0.15) is 0 Å². The predicted octanol–water partition coefficient (Wildman–Crippen LogP) is 1.21. The van der Waals surface area contributed by atoms with Crippen LogP contribution in [0.4, 0.5) is 0 Å². The van der Waals surface area contributed by atoms with E-state index in [0.717, 1.165) is 24.5 Å². The van der Waals surface area contributed by atoms with E-state index in [0.29, 0.717) is 5.54 Å². The molecule has 0 aromatic rings. The number of hydrogen-bond acceptors (Lipinski definition) is 4. The van der Waals surface area contributed by atoms with Gasteiger partial charge < -0.3 is 15.5 Å². The second-order valence-electron chi connectivity index (χ2n) is 8.07. The predicted molar refractivity (Wildman–Crippen MR) is 88.4 cm³/mol. The summed E-state index contributed by atoms with van der Waals surface area (Å²) in [4.78, 5) is 8.01. The molecule has 0 radical (unpaired) electrons. The van der Waals surface area contributed by atoms with Gasteiger partial charge in [0.2, 0.25) is 0 Å². The molecule has 4 nitrogen and oxygen atoms in total. The number of piperidine rings is 1. The van der Waals surface area contributed by atoms with E-state index in [2.05, 4.69) is 35.6 Å². The van der Waals surface area contributed by atoms with Gasteiger partial charge in [-0.2, -0.15) is 0 Å². The Morgan fingerprint density at radius 2 is 1.62 bits per heavy atom. The van der Waals surface area contributed by atoms with E-state index in [4.69, 9.17) is 5.73 Å². The fourth-order valence-corrected chi connectivity index (χ4v) is 5.02. The third-order valence-corrected chi connectivity index (χ3v) is 6.26. The molecule has 0 aliphatic carbocycles. The van der Waals surface area contributed by atoms with Gasteiger partial charge in [0.15, 0.2) is 0 Å². The third kappa shape index (κ3) is 3.00. The number of nitrogens with zero attached hydrogens (tertiary/aromatic N) is 3. The van der Waals surface area contributed by atoms with Crippen LogP contribution < -0.4 is 5.73 Å². The smallest absolute Gasteiger partial charge is 0.0362 e. The highest BCUT2D eigenvalue weighted by Crippen LogP contribution is 2.42. The molecule has 122 valence electrons. The molecule has 3 saturated heterocycles. The largest absolute Gasteiger partial charge is 0.329 e. The van der Waals surface area contributed by atoms with Crippen molar-refractivity contribution in [2.45, 2.75) is 57.2 Å². The molecule has 0 aromatic heterocycles. The monoisotopic (exact) mass is 294 g/mol. The Kier molecular flexibility index (Phi) is 4.60. The molecule has 2 atom stereocenters. The van der Waals surface area contributed by atoms with Crippen molar-refractivity contribution in [2.24, 2.45) is 11.7 Å². The van der Waals surface area contributed by atoms with Crippen molar-refractivity contribution in [2.75, 3.05) is 46.3 Å². The average Bonchev–Trinajstić information content (AvgIpc) is 2.70. The molecule has 21 heavy (non-hydrogen) atoms. The third-order valence-electron chi connectivity index (χ3n) is 6.26. The number of rotatable bonds is 4. The summed E-state index contributed by atoms with van der Waals surface area (Å²) in [5.74, 6) is 0.777. The highest BCUT2D eigenvalue weighted by Gasteiger charge is 2.49. The normalized spacial score (nSPS) is 39.3. The molecule has 0 amide bonds.